The maximum absolute atomic E-state index is 12.9. The molecule has 0 fully saturated rings. The van der Waals surface area contributed by atoms with Crippen LogP contribution in [0.15, 0.2) is 152 Å². The predicted octanol–water partition coefficient (Wildman–Crippen LogP) is 16.7. The van der Waals surface area contributed by atoms with Crippen LogP contribution in [0, 0.1) is 31.6 Å². The third-order valence-corrected chi connectivity index (χ3v) is 19.0. The molecule has 3 atom stereocenters. The Morgan fingerprint density at radius 3 is 1.38 bits per heavy atom. The van der Waals surface area contributed by atoms with Gasteiger partial charge < -0.3 is 42.2 Å². The van der Waals surface area contributed by atoms with Crippen LogP contribution in [0.25, 0.3) is 35.4 Å². The van der Waals surface area contributed by atoms with Gasteiger partial charge >= 0.3 is 0 Å². The number of nitro benzene ring substituents is 2. The molecule has 0 bridgehead atoms. The molecule has 93 heavy (non-hydrogen) atoms. The van der Waals surface area contributed by atoms with Crippen LogP contribution in [0.2, 0.25) is 0 Å². The lowest BCUT2D eigenvalue weighted by atomic mass is 9.72. The number of hydrogen-bond acceptors (Lipinski definition) is 15. The summed E-state index contributed by atoms with van der Waals surface area (Å²) in [6.07, 6.45) is 9.54. The molecule has 7 aromatic rings. The molecule has 490 valence electrons. The molecule has 17 nitrogen and oxygen atoms in total. The van der Waals surface area contributed by atoms with Crippen LogP contribution >= 0.6 is 8.53 Å². The lowest BCUT2D eigenvalue weighted by Crippen LogP contribution is -2.34. The first-order chi connectivity index (χ1) is 45.0. The highest BCUT2D eigenvalue weighted by Gasteiger charge is 2.44. The molecule has 0 amide bonds. The molecule has 1 aliphatic rings. The average molecular weight is 1280 g/mol. The Kier molecular flexibility index (Phi) is 26.1. The van der Waals surface area contributed by atoms with Gasteiger partial charge in [0.2, 0.25) is 0 Å². The van der Waals surface area contributed by atoms with Gasteiger partial charge in [-0.3, -0.25) is 20.2 Å². The second-order valence-corrected chi connectivity index (χ2v) is 25.1. The number of hydrogen-bond donors (Lipinski definition) is 0. The van der Waals surface area contributed by atoms with Gasteiger partial charge in [-0.15, -0.1) is 0 Å². The lowest BCUT2D eigenvalue weighted by molar-refractivity contribution is -0.385. The minimum Gasteiger partial charge on any atom is -0.497 e. The van der Waals surface area contributed by atoms with Crippen molar-refractivity contribution in [2.45, 2.75) is 95.7 Å². The van der Waals surface area contributed by atoms with E-state index in [1.54, 1.807) is 52.7 Å². The third kappa shape index (κ3) is 17.4. The molecule has 0 saturated heterocycles. The maximum atomic E-state index is 12.9. The molecule has 18 heteroatoms. The van der Waals surface area contributed by atoms with Crippen molar-refractivity contribution >= 4 is 44.2 Å². The van der Waals surface area contributed by atoms with Crippen LogP contribution in [0.5, 0.6) is 11.5 Å². The Morgan fingerprint density at radius 1 is 0.527 bits per heavy atom. The van der Waals surface area contributed by atoms with Crippen molar-refractivity contribution < 1.29 is 52.1 Å². The summed E-state index contributed by atoms with van der Waals surface area (Å²) >= 11 is 0. The number of fused-ring (bicyclic) bond motifs is 3. The fraction of sp³-hybridized carbons (Fsp3) is 0.373. The maximum Gasteiger partial charge on any atom is 0.272 e. The summed E-state index contributed by atoms with van der Waals surface area (Å²) < 4.78 is 56.4. The predicted molar refractivity (Wildman–Crippen MR) is 368 cm³/mol. The van der Waals surface area contributed by atoms with Gasteiger partial charge in [-0.25, -0.2) is 4.67 Å². The first kappa shape index (κ1) is 70.9. The van der Waals surface area contributed by atoms with Gasteiger partial charge in [0, 0.05) is 80.0 Å². The van der Waals surface area contributed by atoms with Gasteiger partial charge in [0.05, 0.1) is 82.8 Å². The molecule has 0 saturated carbocycles. The van der Waals surface area contributed by atoms with E-state index < -0.39 is 25.5 Å². The molecule has 7 aromatic carbocycles. The largest absolute Gasteiger partial charge is 0.497 e. The number of methoxy groups -OCH3 is 4. The van der Waals surface area contributed by atoms with Crippen molar-refractivity contribution in [2.75, 3.05) is 87.9 Å². The van der Waals surface area contributed by atoms with E-state index in [-0.39, 0.29) is 65.5 Å². The zero-order valence-corrected chi connectivity index (χ0v) is 56.0. The Morgan fingerprint density at radius 2 is 0.957 bits per heavy atom. The van der Waals surface area contributed by atoms with Crippen LogP contribution in [0.1, 0.15) is 134 Å². The molecule has 3 unspecified atom stereocenters. The van der Waals surface area contributed by atoms with Crippen molar-refractivity contribution in [3.8, 4) is 28.7 Å². The van der Waals surface area contributed by atoms with Crippen LogP contribution in [-0.2, 0) is 43.7 Å². The minimum atomic E-state index is -1.55. The summed E-state index contributed by atoms with van der Waals surface area (Å²) in [6.45, 7) is 15.3. The fourth-order valence-corrected chi connectivity index (χ4v) is 13.9. The second kappa shape index (κ2) is 34.3. The SMILES string of the molecule is COCCOCCC1(CCOCCOC)c2cc(/C=C/c3ccc([N+](=O)[O-])c(C(C)COP(OCCC#N)N(C(C)C)C(C)C)c3)ccc2-c2ccc(/C=C/c3ccc([N+](=O)[O-])c(C(C)COC(c4ccccc4)(c4ccc(OC)cc4)c4ccc(OC)cc4)c3)cc21. The van der Waals surface area contributed by atoms with Crippen molar-refractivity contribution in [1.82, 2.24) is 4.67 Å². The molecular formula is C75H87N4O13P. The molecule has 0 spiro atoms. The Bertz CT molecular complexity index is 3610. The molecule has 0 N–H and O–H groups in total. The monoisotopic (exact) mass is 1280 g/mol. The number of nitriles is 1. The molecule has 0 aromatic heterocycles. The van der Waals surface area contributed by atoms with Gasteiger partial charge in [0.1, 0.15) is 17.1 Å². The van der Waals surface area contributed by atoms with E-state index in [1.165, 1.54) is 0 Å². The highest BCUT2D eigenvalue weighted by molar-refractivity contribution is 7.44. The summed E-state index contributed by atoms with van der Waals surface area (Å²) in [6, 6.07) is 51.3. The van der Waals surface area contributed by atoms with Gasteiger partial charge in [-0.2, -0.15) is 5.26 Å². The normalized spacial score (nSPS) is 13.8. The topological polar surface area (TPSA) is 196 Å². The first-order valence-electron chi connectivity index (χ1n) is 31.6. The third-order valence-electron chi connectivity index (χ3n) is 16.9. The second-order valence-electron chi connectivity index (χ2n) is 23.7. The van der Waals surface area contributed by atoms with Crippen LogP contribution in [0.4, 0.5) is 11.4 Å². The van der Waals surface area contributed by atoms with Gasteiger partial charge in [0.15, 0.2) is 0 Å². The molecule has 0 aliphatic heterocycles. The van der Waals surface area contributed by atoms with E-state index in [0.717, 1.165) is 61.2 Å². The van der Waals surface area contributed by atoms with Crippen LogP contribution in [-0.4, -0.2) is 115 Å². The highest BCUT2D eigenvalue weighted by Crippen LogP contribution is 2.54. The molecule has 1 aliphatic carbocycles. The molecular weight excluding hydrogens is 1200 g/mol. The van der Waals surface area contributed by atoms with E-state index in [0.29, 0.717) is 75.1 Å². The fourth-order valence-electron chi connectivity index (χ4n) is 12.2. The van der Waals surface area contributed by atoms with Crippen molar-refractivity contribution in [3.63, 3.8) is 0 Å². The number of ether oxygens (including phenoxy) is 7. The van der Waals surface area contributed by atoms with E-state index >= 15 is 0 Å². The number of benzene rings is 7. The summed E-state index contributed by atoms with van der Waals surface area (Å²) in [5.41, 5.74) is 9.81. The highest BCUT2D eigenvalue weighted by atomic mass is 31.2. The van der Waals surface area contributed by atoms with E-state index in [4.69, 9.17) is 42.2 Å². The summed E-state index contributed by atoms with van der Waals surface area (Å²) in [5.74, 6) is 0.575. The van der Waals surface area contributed by atoms with Crippen LogP contribution in [0.3, 0.4) is 0 Å². The van der Waals surface area contributed by atoms with Crippen molar-refractivity contribution in [2.24, 2.45) is 0 Å². The smallest absolute Gasteiger partial charge is 0.272 e. The van der Waals surface area contributed by atoms with E-state index in [2.05, 4.69) is 74.8 Å². The summed E-state index contributed by atoms with van der Waals surface area (Å²) in [7, 11) is 5.02. The van der Waals surface area contributed by atoms with Gasteiger partial charge in [-0.05, 0) is 150 Å². The van der Waals surface area contributed by atoms with Gasteiger partial charge in [-0.1, -0.05) is 129 Å². The average Bonchev–Trinajstić information content (AvgIpc) is 1.75. The van der Waals surface area contributed by atoms with E-state index in [9.17, 15) is 25.5 Å². The Hall–Kier alpha value is -7.98. The summed E-state index contributed by atoms with van der Waals surface area (Å²) in [5, 5.41) is 34.6. The van der Waals surface area contributed by atoms with Crippen molar-refractivity contribution in [1.29, 1.82) is 5.26 Å². The zero-order valence-electron chi connectivity index (χ0n) is 55.1. The number of nitrogens with zero attached hydrogens (tertiary/aromatic N) is 4. The standard InChI is InChI=1S/C75H87N4O13P/c1-53(2)77(54(3)4)93(91-40-14-39-76)92-52-56(6)69-48-58(24-36-73(69)79(82)83)18-20-60-22-34-67-66-33-21-59(49-70(66)74(71(67)50-60,37-41-88-45-43-84-7)38-42-89-46-44-85-8)19-17-57-23-35-72(78(80)81)68(47-57)55(5)51-90-75(61-15-12-11-13-16-61,62-25-29-64(86-9)30-26-62)63-27-31-65(87-10)32-28-63/h11-13,15-36,47-50,53-56H,14,37-38,40-46,51-52H2,1-10H3/b19-17+,20-18+. The quantitative estimate of drug-likeness (QED) is 0.00890. The lowest BCUT2D eigenvalue weighted by Gasteiger charge is -2.37. The van der Waals surface area contributed by atoms with Crippen molar-refractivity contribution in [3.05, 3.63) is 233 Å². The Labute approximate surface area is 549 Å². The number of rotatable bonds is 37. The van der Waals surface area contributed by atoms with Gasteiger partial charge in [0.25, 0.3) is 19.9 Å². The molecule has 0 heterocycles. The Balaban J connectivity index is 1.12. The van der Waals surface area contributed by atoms with E-state index in [1.807, 2.05) is 129 Å². The van der Waals surface area contributed by atoms with Crippen LogP contribution < -0.4 is 9.47 Å². The molecule has 0 radical (unpaired) electrons. The number of nitro groups is 2. The summed E-state index contributed by atoms with van der Waals surface area (Å²) in [4.78, 5) is 24.7. The minimum absolute atomic E-state index is 0.00373. The molecule has 8 rings (SSSR count). The first-order valence-corrected chi connectivity index (χ1v) is 32.7. The zero-order chi connectivity index (χ0) is 66.5.